The Morgan fingerprint density at radius 1 is 1.07 bits per heavy atom. The van der Waals surface area contributed by atoms with E-state index in [-0.39, 0.29) is 16.1 Å². The first-order valence-corrected chi connectivity index (χ1v) is 10.5. The van der Waals surface area contributed by atoms with E-state index in [0.29, 0.717) is 11.3 Å². The molecule has 0 aliphatic heterocycles. The predicted octanol–water partition coefficient (Wildman–Crippen LogP) is 4.12. The molecule has 0 heterocycles. The summed E-state index contributed by atoms with van der Waals surface area (Å²) < 4.78 is 28.4. The van der Waals surface area contributed by atoms with E-state index in [1.165, 1.54) is 18.2 Å². The molecule has 0 fully saturated rings. The number of carboxylic acid groups (broad SMARTS) is 1. The minimum atomic E-state index is -3.84. The van der Waals surface area contributed by atoms with Crippen LogP contribution < -0.4 is 9.62 Å². The van der Waals surface area contributed by atoms with Gasteiger partial charge in [0.05, 0.1) is 21.8 Å². The lowest BCUT2D eigenvalue weighted by atomic mass is 10.1. The minimum absolute atomic E-state index is 0.0363. The van der Waals surface area contributed by atoms with E-state index in [1.807, 2.05) is 13.8 Å². The average Bonchev–Trinajstić information content (AvgIpc) is 2.61. The zero-order valence-corrected chi connectivity index (χ0v) is 16.7. The van der Waals surface area contributed by atoms with Crippen LogP contribution in [0, 0.1) is 6.92 Å². The van der Waals surface area contributed by atoms with E-state index in [2.05, 4.69) is 9.62 Å². The lowest BCUT2D eigenvalue weighted by Crippen LogP contribution is -2.27. The van der Waals surface area contributed by atoms with Crippen molar-refractivity contribution in [2.75, 3.05) is 22.7 Å². The molecule has 0 aliphatic rings. The van der Waals surface area contributed by atoms with E-state index in [4.69, 9.17) is 0 Å². The number of rotatable bonds is 9. The molecule has 0 aromatic heterocycles. The number of benzene rings is 2. The first-order valence-electron chi connectivity index (χ1n) is 9.00. The molecule has 146 valence electrons. The quantitative estimate of drug-likeness (QED) is 0.672. The fourth-order valence-corrected chi connectivity index (χ4v) is 4.29. The molecule has 6 nitrogen and oxygen atoms in total. The molecule has 2 N–H and O–H groups in total. The maximum absolute atomic E-state index is 12.9. The van der Waals surface area contributed by atoms with Crippen molar-refractivity contribution in [3.63, 3.8) is 0 Å². The van der Waals surface area contributed by atoms with Gasteiger partial charge in [0.2, 0.25) is 0 Å². The molecule has 2 aromatic carbocycles. The molecule has 27 heavy (non-hydrogen) atoms. The van der Waals surface area contributed by atoms with Crippen LogP contribution in [0.3, 0.4) is 0 Å². The second kappa shape index (κ2) is 8.90. The van der Waals surface area contributed by atoms with Crippen molar-refractivity contribution in [2.45, 2.75) is 38.5 Å². The second-order valence-corrected chi connectivity index (χ2v) is 8.05. The van der Waals surface area contributed by atoms with Gasteiger partial charge in [-0.25, -0.2) is 13.2 Å². The van der Waals surface area contributed by atoms with Gasteiger partial charge in [-0.15, -0.1) is 0 Å². The number of anilines is 2. The summed E-state index contributed by atoms with van der Waals surface area (Å²) in [7, 11) is -3.84. The maximum Gasteiger partial charge on any atom is 0.335 e. The molecule has 0 saturated carbocycles. The molecule has 0 amide bonds. The average molecular weight is 391 g/mol. The number of carboxylic acids is 1. The first-order chi connectivity index (χ1) is 12.8. The standard InChI is InChI=1S/C20H26N2O4S/c1-4-12-22(13-5-2)18-11-10-16(20(23)24)14-17(18)21-27(25,26)19-9-7-6-8-15(19)3/h6-11,14,21H,4-5,12-13H2,1-3H3,(H,23,24). The van der Waals surface area contributed by atoms with Gasteiger partial charge in [0.15, 0.2) is 0 Å². The third kappa shape index (κ3) is 5.01. The molecule has 0 unspecified atom stereocenters. The Morgan fingerprint density at radius 3 is 2.26 bits per heavy atom. The van der Waals surface area contributed by atoms with Crippen LogP contribution in [0.5, 0.6) is 0 Å². The van der Waals surface area contributed by atoms with Crippen LogP contribution in [-0.4, -0.2) is 32.6 Å². The van der Waals surface area contributed by atoms with Crippen LogP contribution in [-0.2, 0) is 10.0 Å². The molecule has 2 rings (SSSR count). The third-order valence-electron chi connectivity index (χ3n) is 4.20. The van der Waals surface area contributed by atoms with Crippen LogP contribution in [0.4, 0.5) is 11.4 Å². The smallest absolute Gasteiger partial charge is 0.335 e. The van der Waals surface area contributed by atoms with Gasteiger partial charge in [-0.1, -0.05) is 32.0 Å². The van der Waals surface area contributed by atoms with E-state index >= 15 is 0 Å². The highest BCUT2D eigenvalue weighted by Crippen LogP contribution is 2.30. The van der Waals surface area contributed by atoms with E-state index < -0.39 is 16.0 Å². The molecule has 0 saturated heterocycles. The summed E-state index contributed by atoms with van der Waals surface area (Å²) in [5.74, 6) is -1.10. The SMILES string of the molecule is CCCN(CCC)c1ccc(C(=O)O)cc1NS(=O)(=O)c1ccccc1C. The summed E-state index contributed by atoms with van der Waals surface area (Å²) >= 11 is 0. The molecule has 0 aliphatic carbocycles. The third-order valence-corrected chi connectivity index (χ3v) is 5.72. The summed E-state index contributed by atoms with van der Waals surface area (Å²) in [6.45, 7) is 7.32. The first kappa shape index (κ1) is 20.8. The second-order valence-electron chi connectivity index (χ2n) is 6.40. The Bertz CT molecular complexity index is 904. The lowest BCUT2D eigenvalue weighted by Gasteiger charge is -2.27. The number of aryl methyl sites for hydroxylation is 1. The van der Waals surface area contributed by atoms with E-state index in [1.54, 1.807) is 31.2 Å². The van der Waals surface area contributed by atoms with Crippen molar-refractivity contribution in [2.24, 2.45) is 0 Å². The summed E-state index contributed by atoms with van der Waals surface area (Å²) in [5, 5.41) is 9.31. The number of hydrogen-bond acceptors (Lipinski definition) is 4. The van der Waals surface area contributed by atoms with Gasteiger partial charge in [-0.3, -0.25) is 4.72 Å². The molecule has 0 spiro atoms. The summed E-state index contributed by atoms with van der Waals surface area (Å²) in [6, 6.07) is 11.3. The molecule has 0 bridgehead atoms. The van der Waals surface area contributed by atoms with Crippen molar-refractivity contribution >= 4 is 27.4 Å². The van der Waals surface area contributed by atoms with Gasteiger partial charge in [0, 0.05) is 13.1 Å². The topological polar surface area (TPSA) is 86.7 Å². The summed E-state index contributed by atoms with van der Waals surface area (Å²) in [4.78, 5) is 13.6. The minimum Gasteiger partial charge on any atom is -0.478 e. The zero-order valence-electron chi connectivity index (χ0n) is 15.9. The molecule has 0 radical (unpaired) electrons. The highest BCUT2D eigenvalue weighted by atomic mass is 32.2. The number of nitrogens with zero attached hydrogens (tertiary/aromatic N) is 1. The maximum atomic E-state index is 12.9. The van der Waals surface area contributed by atoms with Crippen molar-refractivity contribution < 1.29 is 18.3 Å². The number of nitrogens with one attached hydrogen (secondary N) is 1. The number of sulfonamides is 1. The van der Waals surface area contributed by atoms with Crippen molar-refractivity contribution in [3.05, 3.63) is 53.6 Å². The van der Waals surface area contributed by atoms with Gasteiger partial charge in [0.1, 0.15) is 0 Å². The fourth-order valence-electron chi connectivity index (χ4n) is 2.98. The number of hydrogen-bond donors (Lipinski definition) is 2. The van der Waals surface area contributed by atoms with Crippen LogP contribution in [0.15, 0.2) is 47.4 Å². The molecular formula is C20H26N2O4S. The van der Waals surface area contributed by atoms with Gasteiger partial charge in [-0.05, 0) is 49.6 Å². The summed E-state index contributed by atoms with van der Waals surface area (Å²) in [5.41, 5.74) is 1.62. The van der Waals surface area contributed by atoms with Crippen molar-refractivity contribution in [1.29, 1.82) is 0 Å². The van der Waals surface area contributed by atoms with Crippen LogP contribution >= 0.6 is 0 Å². The fraction of sp³-hybridized carbons (Fsp3) is 0.350. The Kier molecular flexibility index (Phi) is 6.85. The molecule has 0 atom stereocenters. The normalized spacial score (nSPS) is 11.2. The highest BCUT2D eigenvalue weighted by molar-refractivity contribution is 7.92. The van der Waals surface area contributed by atoms with Crippen LogP contribution in [0.25, 0.3) is 0 Å². The van der Waals surface area contributed by atoms with Gasteiger partial charge in [-0.2, -0.15) is 0 Å². The van der Waals surface area contributed by atoms with Crippen molar-refractivity contribution in [3.8, 4) is 0 Å². The summed E-state index contributed by atoms with van der Waals surface area (Å²) in [6.07, 6.45) is 1.79. The largest absolute Gasteiger partial charge is 0.478 e. The van der Waals surface area contributed by atoms with Crippen molar-refractivity contribution in [1.82, 2.24) is 0 Å². The Hall–Kier alpha value is -2.54. The van der Waals surface area contributed by atoms with E-state index in [0.717, 1.165) is 25.9 Å². The molecule has 7 heteroatoms. The lowest BCUT2D eigenvalue weighted by molar-refractivity contribution is 0.0697. The zero-order chi connectivity index (χ0) is 20.0. The van der Waals surface area contributed by atoms with E-state index in [9.17, 15) is 18.3 Å². The Balaban J connectivity index is 2.53. The van der Waals surface area contributed by atoms with Crippen LogP contribution in [0.1, 0.15) is 42.6 Å². The van der Waals surface area contributed by atoms with Gasteiger partial charge >= 0.3 is 5.97 Å². The Morgan fingerprint density at radius 2 is 1.70 bits per heavy atom. The molecule has 2 aromatic rings. The molecular weight excluding hydrogens is 364 g/mol. The highest BCUT2D eigenvalue weighted by Gasteiger charge is 2.21. The van der Waals surface area contributed by atoms with Crippen LogP contribution in [0.2, 0.25) is 0 Å². The Labute approximate surface area is 160 Å². The number of aromatic carboxylic acids is 1. The number of carbonyl (C=O) groups is 1. The van der Waals surface area contributed by atoms with Gasteiger partial charge < -0.3 is 10.0 Å². The monoisotopic (exact) mass is 390 g/mol. The predicted molar refractivity (Wildman–Crippen MR) is 108 cm³/mol. The van der Waals surface area contributed by atoms with Gasteiger partial charge in [0.25, 0.3) is 10.0 Å².